The number of nitrogens with zero attached hydrogens (tertiary/aromatic N) is 2. The molecule has 3 rings (SSSR count). The minimum Gasteiger partial charge on any atom is -0.392 e. The Balaban J connectivity index is 1.82. The molecule has 0 aliphatic heterocycles. The first-order chi connectivity index (χ1) is 14.7. The maximum atomic E-state index is 9.64. The van der Waals surface area contributed by atoms with Crippen LogP contribution < -0.4 is 10.6 Å². The van der Waals surface area contributed by atoms with Gasteiger partial charge in [-0.25, -0.2) is 4.98 Å². The van der Waals surface area contributed by atoms with Crippen LogP contribution in [0.25, 0.3) is 10.9 Å². The Hall–Kier alpha value is -3.09. The lowest BCUT2D eigenvalue weighted by molar-refractivity contribution is 0.279. The summed E-state index contributed by atoms with van der Waals surface area (Å²) in [6, 6.07) is 15.8. The molecule has 0 aliphatic carbocycles. The average molecular weight is 419 g/mol. The molecular weight excluding hydrogens is 392 g/mol. The van der Waals surface area contributed by atoms with Crippen LogP contribution in [0.2, 0.25) is 0 Å². The van der Waals surface area contributed by atoms with E-state index in [1.807, 2.05) is 68.6 Å². The lowest BCUT2D eigenvalue weighted by Gasteiger charge is -2.15. The first-order valence-electron chi connectivity index (χ1n) is 9.73. The highest BCUT2D eigenvalue weighted by atomic mass is 32.2. The molecule has 0 aliphatic rings. The Morgan fingerprint density at radius 1 is 1.13 bits per heavy atom. The van der Waals surface area contributed by atoms with E-state index in [2.05, 4.69) is 33.3 Å². The molecule has 0 spiro atoms. The molecule has 5 nitrogen and oxygen atoms in total. The predicted octanol–water partition coefficient (Wildman–Crippen LogP) is 5.38. The number of rotatable bonds is 9. The summed E-state index contributed by atoms with van der Waals surface area (Å²) in [5.41, 5.74) is 2.88. The summed E-state index contributed by atoms with van der Waals surface area (Å²) < 4.78 is 0. The summed E-state index contributed by atoms with van der Waals surface area (Å²) in [6.45, 7) is 6.43. The van der Waals surface area contributed by atoms with E-state index < -0.39 is 0 Å². The highest BCUT2D eigenvalue weighted by molar-refractivity contribution is 8.03. The van der Waals surface area contributed by atoms with Crippen molar-refractivity contribution in [3.63, 3.8) is 0 Å². The minimum atomic E-state index is 0.00564. The van der Waals surface area contributed by atoms with E-state index in [1.54, 1.807) is 17.8 Å². The summed E-state index contributed by atoms with van der Waals surface area (Å²) >= 11 is 1.61. The van der Waals surface area contributed by atoms with E-state index in [1.165, 1.54) is 0 Å². The fourth-order valence-corrected chi connectivity index (χ4v) is 4.15. The van der Waals surface area contributed by atoms with Crippen molar-refractivity contribution in [2.45, 2.75) is 18.4 Å². The third-order valence-electron chi connectivity index (χ3n) is 4.57. The summed E-state index contributed by atoms with van der Waals surface area (Å²) in [6.07, 6.45) is 5.83. The number of hydrogen-bond donors (Lipinski definition) is 3. The number of aromatic nitrogens is 2. The van der Waals surface area contributed by atoms with Crippen LogP contribution in [0.5, 0.6) is 0 Å². The maximum absolute atomic E-state index is 9.64. The van der Waals surface area contributed by atoms with Crippen LogP contribution in [0, 0.1) is 0 Å². The fraction of sp³-hybridized carbons (Fsp3) is 0.167. The molecule has 0 radical (unpaired) electrons. The summed E-state index contributed by atoms with van der Waals surface area (Å²) in [4.78, 5) is 11.3. The van der Waals surface area contributed by atoms with Gasteiger partial charge in [-0.2, -0.15) is 4.98 Å². The predicted molar refractivity (Wildman–Crippen MR) is 128 cm³/mol. The Kier molecular flexibility index (Phi) is 7.65. The van der Waals surface area contributed by atoms with E-state index in [-0.39, 0.29) is 6.61 Å². The Morgan fingerprint density at radius 2 is 1.90 bits per heavy atom. The van der Waals surface area contributed by atoms with E-state index in [4.69, 9.17) is 0 Å². The van der Waals surface area contributed by atoms with Gasteiger partial charge in [-0.05, 0) is 42.3 Å². The molecule has 0 bridgehead atoms. The van der Waals surface area contributed by atoms with E-state index in [0.717, 1.165) is 37.7 Å². The first kappa shape index (κ1) is 21.6. The van der Waals surface area contributed by atoms with Gasteiger partial charge >= 0.3 is 0 Å². The van der Waals surface area contributed by atoms with Gasteiger partial charge in [0.05, 0.1) is 12.1 Å². The molecule has 1 aromatic heterocycles. The number of allylic oxidation sites excluding steroid dienone is 3. The molecule has 3 aromatic rings. The standard InChI is InChI=1S/C24H26N4OS/c1-4-10-21(30-22-14-9-6-11-18(22)16-29)17(5-2)15-26-24-27-20-13-8-7-12-19(20)23(25-3)28-24/h4-14,29H,1,15-16H2,2-3H3,(H2,25,26,27,28)/b17-5-,21-10+. The quantitative estimate of drug-likeness (QED) is 0.320. The normalized spacial score (nSPS) is 12.1. The number of aliphatic hydroxyl groups excluding tert-OH is 1. The van der Waals surface area contributed by atoms with Gasteiger partial charge in [-0.3, -0.25) is 0 Å². The van der Waals surface area contributed by atoms with Crippen LogP contribution in [0.15, 0.2) is 88.7 Å². The van der Waals surface area contributed by atoms with Crippen molar-refractivity contribution in [3.05, 3.63) is 89.4 Å². The molecule has 0 fully saturated rings. The van der Waals surface area contributed by atoms with E-state index >= 15 is 0 Å². The van der Waals surface area contributed by atoms with Crippen LogP contribution >= 0.6 is 11.8 Å². The third kappa shape index (κ3) is 5.09. The molecule has 0 saturated heterocycles. The molecule has 6 heteroatoms. The zero-order chi connectivity index (χ0) is 21.3. The van der Waals surface area contributed by atoms with Gasteiger partial charge in [-0.1, -0.05) is 60.8 Å². The Bertz CT molecular complexity index is 1090. The van der Waals surface area contributed by atoms with Gasteiger partial charge in [0.1, 0.15) is 5.82 Å². The van der Waals surface area contributed by atoms with Crippen molar-refractivity contribution < 1.29 is 5.11 Å². The van der Waals surface area contributed by atoms with E-state index in [0.29, 0.717) is 12.5 Å². The van der Waals surface area contributed by atoms with Crippen molar-refractivity contribution in [1.82, 2.24) is 9.97 Å². The van der Waals surface area contributed by atoms with Crippen molar-refractivity contribution in [3.8, 4) is 0 Å². The Morgan fingerprint density at radius 3 is 2.63 bits per heavy atom. The first-order valence-corrected chi connectivity index (χ1v) is 10.5. The highest BCUT2D eigenvalue weighted by Gasteiger charge is 2.11. The number of anilines is 2. The number of aliphatic hydroxyl groups is 1. The molecule has 0 saturated carbocycles. The zero-order valence-corrected chi connectivity index (χ0v) is 18.0. The summed E-state index contributed by atoms with van der Waals surface area (Å²) in [5.74, 6) is 1.36. The number of para-hydroxylation sites is 1. The highest BCUT2D eigenvalue weighted by Crippen LogP contribution is 2.34. The third-order valence-corrected chi connectivity index (χ3v) is 5.81. The van der Waals surface area contributed by atoms with Crippen molar-refractivity contribution in [1.29, 1.82) is 0 Å². The molecule has 0 amide bonds. The SMILES string of the molecule is C=C/C=C(Sc1ccccc1CO)\C(=C/C)CNc1nc(NC)c2ccccc2n1. The second-order valence-electron chi connectivity index (χ2n) is 6.46. The topological polar surface area (TPSA) is 70.1 Å². The van der Waals surface area contributed by atoms with Crippen LogP contribution in [-0.4, -0.2) is 28.7 Å². The molecule has 0 atom stereocenters. The van der Waals surface area contributed by atoms with Crippen LogP contribution in [0.3, 0.4) is 0 Å². The number of fused-ring (bicyclic) bond motifs is 1. The van der Waals surface area contributed by atoms with Gasteiger partial charge < -0.3 is 15.7 Å². The minimum absolute atomic E-state index is 0.00564. The van der Waals surface area contributed by atoms with Crippen LogP contribution in [0.1, 0.15) is 12.5 Å². The van der Waals surface area contributed by atoms with Crippen molar-refractivity contribution in [2.75, 3.05) is 24.2 Å². The van der Waals surface area contributed by atoms with Gasteiger partial charge in [0, 0.05) is 28.8 Å². The average Bonchev–Trinajstić information content (AvgIpc) is 2.79. The second kappa shape index (κ2) is 10.6. The number of hydrogen-bond acceptors (Lipinski definition) is 6. The Labute approximate surface area is 181 Å². The molecule has 1 heterocycles. The maximum Gasteiger partial charge on any atom is 0.225 e. The number of nitrogens with one attached hydrogen (secondary N) is 2. The van der Waals surface area contributed by atoms with Crippen molar-refractivity contribution >= 4 is 34.4 Å². The monoisotopic (exact) mass is 418 g/mol. The molecule has 0 unspecified atom stereocenters. The van der Waals surface area contributed by atoms with Crippen LogP contribution in [-0.2, 0) is 6.61 Å². The largest absolute Gasteiger partial charge is 0.392 e. The lowest BCUT2D eigenvalue weighted by Crippen LogP contribution is -2.10. The molecular formula is C24H26N4OS. The van der Waals surface area contributed by atoms with E-state index in [9.17, 15) is 5.11 Å². The van der Waals surface area contributed by atoms with Gasteiger partial charge in [-0.15, -0.1) is 0 Å². The van der Waals surface area contributed by atoms with Gasteiger partial charge in [0.25, 0.3) is 0 Å². The second-order valence-corrected chi connectivity index (χ2v) is 7.55. The number of benzene rings is 2. The smallest absolute Gasteiger partial charge is 0.225 e. The lowest BCUT2D eigenvalue weighted by atomic mass is 10.2. The molecule has 154 valence electrons. The molecule has 3 N–H and O–H groups in total. The summed E-state index contributed by atoms with van der Waals surface area (Å²) in [5, 5.41) is 17.1. The summed E-state index contributed by atoms with van der Waals surface area (Å²) in [7, 11) is 1.86. The molecule has 2 aromatic carbocycles. The van der Waals surface area contributed by atoms with Crippen LogP contribution in [0.4, 0.5) is 11.8 Å². The molecule has 30 heavy (non-hydrogen) atoms. The van der Waals surface area contributed by atoms with Gasteiger partial charge in [0.2, 0.25) is 5.95 Å². The fourth-order valence-electron chi connectivity index (χ4n) is 3.02. The zero-order valence-electron chi connectivity index (χ0n) is 17.2. The van der Waals surface area contributed by atoms with Crippen molar-refractivity contribution in [2.24, 2.45) is 0 Å². The number of thioether (sulfide) groups is 1. The van der Waals surface area contributed by atoms with Gasteiger partial charge in [0.15, 0.2) is 0 Å².